The van der Waals surface area contributed by atoms with E-state index in [0.717, 1.165) is 5.56 Å². The molecule has 2 aromatic rings. The Kier molecular flexibility index (Phi) is 6.91. The molecule has 0 unspecified atom stereocenters. The van der Waals surface area contributed by atoms with Crippen molar-refractivity contribution >= 4 is 17.7 Å². The Bertz CT molecular complexity index is 786. The third-order valence-corrected chi connectivity index (χ3v) is 3.53. The van der Waals surface area contributed by atoms with Crippen LogP contribution in [-0.4, -0.2) is 17.4 Å². The van der Waals surface area contributed by atoms with E-state index < -0.39 is 4.92 Å². The van der Waals surface area contributed by atoms with Gasteiger partial charge in [0.05, 0.1) is 4.92 Å². The van der Waals surface area contributed by atoms with Crippen molar-refractivity contribution in [1.29, 1.82) is 0 Å². The Balaban J connectivity index is 2.08. The third kappa shape index (κ3) is 6.05. The van der Waals surface area contributed by atoms with Gasteiger partial charge in [-0.05, 0) is 29.2 Å². The van der Waals surface area contributed by atoms with E-state index in [-0.39, 0.29) is 24.0 Å². The minimum atomic E-state index is -0.490. The zero-order valence-electron chi connectivity index (χ0n) is 14.8. The average molecular weight is 354 g/mol. The second-order valence-electron chi connectivity index (χ2n) is 6.23. The molecule has 0 aliphatic rings. The monoisotopic (exact) mass is 354 g/mol. The fourth-order valence-corrected chi connectivity index (χ4v) is 2.17. The molecule has 2 aromatic carbocycles. The van der Waals surface area contributed by atoms with Gasteiger partial charge in [0, 0.05) is 18.7 Å². The molecule has 0 atom stereocenters. The van der Waals surface area contributed by atoms with Crippen LogP contribution < -0.4 is 10.1 Å². The van der Waals surface area contributed by atoms with E-state index in [1.165, 1.54) is 12.1 Å². The predicted octanol–water partition coefficient (Wildman–Crippen LogP) is 3.96. The number of hydrogen-bond donors (Lipinski definition) is 1. The lowest BCUT2D eigenvalue weighted by Crippen LogP contribution is -2.25. The number of nitro groups is 1. The van der Waals surface area contributed by atoms with Gasteiger partial charge in [0.1, 0.15) is 6.61 Å². The number of rotatable bonds is 8. The molecule has 0 saturated carbocycles. The first-order valence-corrected chi connectivity index (χ1v) is 8.37. The molecule has 0 aliphatic carbocycles. The highest BCUT2D eigenvalue weighted by Gasteiger charge is 2.15. The van der Waals surface area contributed by atoms with Crippen LogP contribution >= 0.6 is 0 Å². The number of nitrogens with one attached hydrogen (secondary N) is 1. The van der Waals surface area contributed by atoms with Crippen molar-refractivity contribution in [2.24, 2.45) is 5.92 Å². The maximum atomic E-state index is 11.7. The van der Waals surface area contributed by atoms with E-state index >= 15 is 0 Å². The quantitative estimate of drug-likeness (QED) is 0.442. The van der Waals surface area contributed by atoms with Crippen LogP contribution in [0.1, 0.15) is 25.0 Å². The molecule has 0 spiro atoms. The summed E-state index contributed by atoms with van der Waals surface area (Å²) < 4.78 is 5.58. The minimum absolute atomic E-state index is 0.134. The molecule has 1 N–H and O–H groups in total. The van der Waals surface area contributed by atoms with Crippen LogP contribution in [0.2, 0.25) is 0 Å². The molecule has 0 aliphatic heterocycles. The van der Waals surface area contributed by atoms with Crippen LogP contribution in [-0.2, 0) is 11.4 Å². The lowest BCUT2D eigenvalue weighted by atomic mass is 10.1. The van der Waals surface area contributed by atoms with E-state index in [9.17, 15) is 14.9 Å². The van der Waals surface area contributed by atoms with Crippen molar-refractivity contribution in [3.63, 3.8) is 0 Å². The van der Waals surface area contributed by atoms with E-state index in [1.54, 1.807) is 18.2 Å². The zero-order valence-corrected chi connectivity index (χ0v) is 14.8. The first-order valence-electron chi connectivity index (χ1n) is 8.37. The van der Waals surface area contributed by atoms with Crippen molar-refractivity contribution in [2.75, 3.05) is 6.54 Å². The summed E-state index contributed by atoms with van der Waals surface area (Å²) >= 11 is 0. The van der Waals surface area contributed by atoms with Crippen molar-refractivity contribution in [3.8, 4) is 5.75 Å². The molecule has 0 saturated heterocycles. The Morgan fingerprint density at radius 2 is 1.96 bits per heavy atom. The minimum Gasteiger partial charge on any atom is -0.482 e. The van der Waals surface area contributed by atoms with Gasteiger partial charge in [-0.1, -0.05) is 50.2 Å². The van der Waals surface area contributed by atoms with Gasteiger partial charge in [0.2, 0.25) is 5.91 Å². The molecule has 26 heavy (non-hydrogen) atoms. The first kappa shape index (κ1) is 19.2. The lowest BCUT2D eigenvalue weighted by molar-refractivity contribution is -0.386. The molecule has 6 heteroatoms. The molecule has 0 aromatic heterocycles. The van der Waals surface area contributed by atoms with Crippen molar-refractivity contribution in [3.05, 3.63) is 75.8 Å². The maximum Gasteiger partial charge on any atom is 0.311 e. The van der Waals surface area contributed by atoms with Gasteiger partial charge < -0.3 is 10.1 Å². The van der Waals surface area contributed by atoms with Crippen LogP contribution in [0.25, 0.3) is 6.08 Å². The normalized spacial score (nSPS) is 10.9. The van der Waals surface area contributed by atoms with Crippen molar-refractivity contribution in [1.82, 2.24) is 5.32 Å². The van der Waals surface area contributed by atoms with Crippen LogP contribution in [0.4, 0.5) is 5.69 Å². The van der Waals surface area contributed by atoms with Gasteiger partial charge in [-0.2, -0.15) is 0 Å². The summed E-state index contributed by atoms with van der Waals surface area (Å²) in [6.07, 6.45) is 2.91. The first-order chi connectivity index (χ1) is 12.5. The number of carbonyl (C=O) groups excluding carboxylic acids is 1. The SMILES string of the molecule is CC(C)CNC(=O)/C=C/c1ccc(OCc2ccccc2)c([N+](=O)[O-])c1. The molecule has 1 amide bonds. The summed E-state index contributed by atoms with van der Waals surface area (Å²) in [7, 11) is 0. The average Bonchev–Trinajstić information content (AvgIpc) is 2.64. The summed E-state index contributed by atoms with van der Waals surface area (Å²) in [6.45, 7) is 4.83. The Labute approximate surface area is 152 Å². The van der Waals surface area contributed by atoms with Gasteiger partial charge in [0.25, 0.3) is 0 Å². The second kappa shape index (κ2) is 9.36. The smallest absolute Gasteiger partial charge is 0.311 e. The number of nitrogens with zero attached hydrogens (tertiary/aromatic N) is 1. The van der Waals surface area contributed by atoms with Crippen molar-refractivity contribution in [2.45, 2.75) is 20.5 Å². The predicted molar refractivity (Wildman–Crippen MR) is 101 cm³/mol. The summed E-state index contributed by atoms with van der Waals surface area (Å²) in [4.78, 5) is 22.5. The van der Waals surface area contributed by atoms with Gasteiger partial charge in [-0.3, -0.25) is 14.9 Å². The van der Waals surface area contributed by atoms with E-state index in [4.69, 9.17) is 4.74 Å². The molecule has 2 rings (SSSR count). The molecular weight excluding hydrogens is 332 g/mol. The van der Waals surface area contributed by atoms with Crippen LogP contribution in [0, 0.1) is 16.0 Å². The topological polar surface area (TPSA) is 81.5 Å². The molecule has 6 nitrogen and oxygen atoms in total. The van der Waals surface area contributed by atoms with E-state index in [2.05, 4.69) is 5.32 Å². The summed E-state index contributed by atoms with van der Waals surface area (Å²) in [5.74, 6) is 0.320. The molecule has 136 valence electrons. The van der Waals surface area contributed by atoms with Gasteiger partial charge in [-0.25, -0.2) is 0 Å². The Morgan fingerprint density at radius 3 is 2.62 bits per heavy atom. The number of amides is 1. The number of nitro benzene ring substituents is 1. The van der Waals surface area contributed by atoms with Gasteiger partial charge in [0.15, 0.2) is 5.75 Å². The Morgan fingerprint density at radius 1 is 1.23 bits per heavy atom. The molecule has 0 heterocycles. The number of ether oxygens (including phenoxy) is 1. The van der Waals surface area contributed by atoms with Crippen LogP contribution in [0.5, 0.6) is 5.75 Å². The second-order valence-corrected chi connectivity index (χ2v) is 6.23. The number of carbonyl (C=O) groups is 1. The molecule has 0 fully saturated rings. The molecule has 0 bridgehead atoms. The van der Waals surface area contributed by atoms with Crippen LogP contribution in [0.15, 0.2) is 54.6 Å². The Hall–Kier alpha value is -3.15. The maximum absolute atomic E-state index is 11.7. The zero-order chi connectivity index (χ0) is 18.9. The van der Waals surface area contributed by atoms with Crippen molar-refractivity contribution < 1.29 is 14.5 Å². The summed E-state index contributed by atoms with van der Waals surface area (Å²) in [5, 5.41) is 14.1. The highest BCUT2D eigenvalue weighted by molar-refractivity contribution is 5.91. The van der Waals surface area contributed by atoms with Crippen LogP contribution in [0.3, 0.4) is 0 Å². The summed E-state index contributed by atoms with van der Waals surface area (Å²) in [5.41, 5.74) is 1.35. The van der Waals surface area contributed by atoms with Gasteiger partial charge in [-0.15, -0.1) is 0 Å². The molecule has 0 radical (unpaired) electrons. The highest BCUT2D eigenvalue weighted by Crippen LogP contribution is 2.29. The number of hydrogen-bond acceptors (Lipinski definition) is 4. The van der Waals surface area contributed by atoms with Gasteiger partial charge >= 0.3 is 5.69 Å². The largest absolute Gasteiger partial charge is 0.482 e. The number of benzene rings is 2. The summed E-state index contributed by atoms with van der Waals surface area (Å²) in [6, 6.07) is 14.1. The molecular formula is C20H22N2O4. The van der Waals surface area contributed by atoms with E-state index in [0.29, 0.717) is 18.0 Å². The standard InChI is InChI=1S/C20H22N2O4/c1-15(2)13-21-20(23)11-9-16-8-10-19(18(12-16)22(24)25)26-14-17-6-4-3-5-7-17/h3-12,15H,13-14H2,1-2H3,(H,21,23)/b11-9+. The highest BCUT2D eigenvalue weighted by atomic mass is 16.6. The third-order valence-electron chi connectivity index (χ3n) is 3.53. The lowest BCUT2D eigenvalue weighted by Gasteiger charge is -2.07. The fourth-order valence-electron chi connectivity index (χ4n) is 2.17. The van der Waals surface area contributed by atoms with E-state index in [1.807, 2.05) is 44.2 Å². The fraction of sp³-hybridized carbons (Fsp3) is 0.250.